The highest BCUT2D eigenvalue weighted by atomic mass is 79.9. The summed E-state index contributed by atoms with van der Waals surface area (Å²) >= 11 is 3.58. The number of allylic oxidation sites excluding steroid dienone is 10. The number of likely N-dealkylation sites (tertiary alicyclic amines) is 1. The largest absolute Gasteiger partial charge is 0.370 e. The van der Waals surface area contributed by atoms with E-state index in [2.05, 4.69) is 68.2 Å². The van der Waals surface area contributed by atoms with Gasteiger partial charge in [0.15, 0.2) is 0 Å². The van der Waals surface area contributed by atoms with E-state index in [1.165, 1.54) is 5.70 Å². The molecule has 3 rings (SSSR count). The van der Waals surface area contributed by atoms with E-state index >= 15 is 0 Å². The molecule has 4 nitrogen and oxygen atoms in total. The maximum Gasteiger partial charge on any atom is 0.123 e. The Kier molecular flexibility index (Phi) is 9.12. The van der Waals surface area contributed by atoms with Crippen LogP contribution in [0.5, 0.6) is 0 Å². The Morgan fingerprint density at radius 1 is 1.20 bits per heavy atom. The SMILES string of the molecule is C=C(/N=C1/C(Br)=CC=C/C1=C/C)NC(/C=C\C(=C/C)N1CC2(CNC2)C1)=C/C.CC. The zero-order chi connectivity index (χ0) is 22.1. The third-order valence-electron chi connectivity index (χ3n) is 5.32. The molecule has 2 fully saturated rings. The van der Waals surface area contributed by atoms with Gasteiger partial charge in [-0.15, -0.1) is 0 Å². The quantitative estimate of drug-likeness (QED) is 0.497. The minimum atomic E-state index is 0.522. The summed E-state index contributed by atoms with van der Waals surface area (Å²) in [5.74, 6) is 0.609. The van der Waals surface area contributed by atoms with Crippen molar-refractivity contribution in [1.82, 2.24) is 15.5 Å². The van der Waals surface area contributed by atoms with Gasteiger partial charge in [-0.05, 0) is 60.5 Å². The smallest absolute Gasteiger partial charge is 0.123 e. The first-order valence-corrected chi connectivity index (χ1v) is 11.5. The number of rotatable bonds is 6. The summed E-state index contributed by atoms with van der Waals surface area (Å²) < 4.78 is 0.956. The number of aliphatic imine (C=N–C) groups is 1. The van der Waals surface area contributed by atoms with Crippen molar-refractivity contribution in [3.05, 3.63) is 82.5 Å². The third-order valence-corrected chi connectivity index (χ3v) is 5.96. The molecular formula is C25H35BrN4. The first-order valence-electron chi connectivity index (χ1n) is 10.7. The number of nitrogens with one attached hydrogen (secondary N) is 2. The van der Waals surface area contributed by atoms with Crippen LogP contribution in [0, 0.1) is 5.41 Å². The molecule has 0 bridgehead atoms. The molecule has 0 aromatic carbocycles. The Hall–Kier alpha value is -2.11. The maximum atomic E-state index is 4.67. The minimum Gasteiger partial charge on any atom is -0.370 e. The lowest BCUT2D eigenvalue weighted by molar-refractivity contribution is -0.0138. The summed E-state index contributed by atoms with van der Waals surface area (Å²) in [4.78, 5) is 7.11. The van der Waals surface area contributed by atoms with Crippen molar-refractivity contribution >= 4 is 21.6 Å². The van der Waals surface area contributed by atoms with Crippen LogP contribution in [-0.2, 0) is 0 Å². The molecule has 30 heavy (non-hydrogen) atoms. The van der Waals surface area contributed by atoms with E-state index in [0.717, 1.165) is 47.6 Å². The van der Waals surface area contributed by atoms with Crippen LogP contribution in [0.3, 0.4) is 0 Å². The van der Waals surface area contributed by atoms with Gasteiger partial charge in [0.25, 0.3) is 0 Å². The summed E-state index contributed by atoms with van der Waals surface area (Å²) in [7, 11) is 0. The third kappa shape index (κ3) is 5.73. The average Bonchev–Trinajstić information content (AvgIpc) is 2.70. The summed E-state index contributed by atoms with van der Waals surface area (Å²) in [6.45, 7) is 18.8. The topological polar surface area (TPSA) is 39.7 Å². The van der Waals surface area contributed by atoms with Gasteiger partial charge in [0.05, 0.1) is 5.71 Å². The van der Waals surface area contributed by atoms with Gasteiger partial charge in [-0.3, -0.25) is 0 Å². The molecule has 5 heteroatoms. The molecule has 0 unspecified atom stereocenters. The van der Waals surface area contributed by atoms with Crippen LogP contribution in [0.15, 0.2) is 87.5 Å². The van der Waals surface area contributed by atoms with Crippen LogP contribution in [0.25, 0.3) is 0 Å². The van der Waals surface area contributed by atoms with E-state index in [1.807, 2.05) is 58.1 Å². The van der Waals surface area contributed by atoms with Gasteiger partial charge in [0, 0.05) is 47.5 Å². The van der Waals surface area contributed by atoms with Gasteiger partial charge in [-0.1, -0.05) is 50.8 Å². The number of halogens is 1. The molecular weight excluding hydrogens is 436 g/mol. The Bertz CT molecular complexity index is 840. The van der Waals surface area contributed by atoms with Gasteiger partial charge in [0.1, 0.15) is 5.82 Å². The molecule has 2 saturated heterocycles. The summed E-state index contributed by atoms with van der Waals surface area (Å²) in [5, 5.41) is 6.69. The average molecular weight is 471 g/mol. The van der Waals surface area contributed by atoms with Gasteiger partial charge >= 0.3 is 0 Å². The van der Waals surface area contributed by atoms with E-state index in [4.69, 9.17) is 0 Å². The summed E-state index contributed by atoms with van der Waals surface area (Å²) in [6, 6.07) is 0. The van der Waals surface area contributed by atoms with E-state index in [1.54, 1.807) is 0 Å². The molecule has 0 atom stereocenters. The van der Waals surface area contributed by atoms with Crippen molar-refractivity contribution in [2.45, 2.75) is 34.6 Å². The van der Waals surface area contributed by atoms with Crippen molar-refractivity contribution in [2.75, 3.05) is 26.2 Å². The minimum absolute atomic E-state index is 0.522. The van der Waals surface area contributed by atoms with E-state index in [-0.39, 0.29) is 0 Å². The Morgan fingerprint density at radius 3 is 2.43 bits per heavy atom. The molecule has 0 amide bonds. The molecule has 0 saturated carbocycles. The highest BCUT2D eigenvalue weighted by molar-refractivity contribution is 9.12. The molecule has 1 aliphatic carbocycles. The van der Waals surface area contributed by atoms with Crippen LogP contribution < -0.4 is 10.6 Å². The van der Waals surface area contributed by atoms with Crippen molar-refractivity contribution in [3.63, 3.8) is 0 Å². The lowest BCUT2D eigenvalue weighted by Crippen LogP contribution is -2.70. The van der Waals surface area contributed by atoms with Crippen LogP contribution >= 0.6 is 15.9 Å². The number of hydrogen-bond acceptors (Lipinski definition) is 4. The highest BCUT2D eigenvalue weighted by Crippen LogP contribution is 2.36. The molecule has 0 aromatic rings. The normalized spacial score (nSPS) is 23.1. The first-order chi connectivity index (χ1) is 14.5. The predicted molar refractivity (Wildman–Crippen MR) is 134 cm³/mol. The van der Waals surface area contributed by atoms with Crippen LogP contribution in [0.1, 0.15) is 34.6 Å². The van der Waals surface area contributed by atoms with Crippen LogP contribution in [0.4, 0.5) is 0 Å². The fourth-order valence-electron chi connectivity index (χ4n) is 3.63. The molecule has 162 valence electrons. The molecule has 0 aromatic heterocycles. The van der Waals surface area contributed by atoms with Gasteiger partial charge in [0.2, 0.25) is 0 Å². The number of nitrogens with zero attached hydrogens (tertiary/aromatic N) is 2. The second kappa shape index (κ2) is 11.3. The monoisotopic (exact) mass is 470 g/mol. The standard InChI is InChI=1S/C23H29BrN4.C2H6/c1-5-18-9-8-10-21(24)22(18)27-17(4)26-19(6-2)11-12-20(7-3)28-15-23(16-28)13-25-14-23;1-2/h5-12,25-26H,4,13-16H2,1-3H3;1-2H3/b12-11-,18-5-,19-6+,20-7+,27-22+;. The molecule has 0 radical (unpaired) electrons. The zero-order valence-electron chi connectivity index (χ0n) is 18.9. The summed E-state index contributed by atoms with van der Waals surface area (Å²) in [5.41, 5.74) is 4.71. The van der Waals surface area contributed by atoms with Gasteiger partial charge in [-0.2, -0.15) is 0 Å². The Morgan fingerprint density at radius 2 is 1.90 bits per heavy atom. The van der Waals surface area contributed by atoms with E-state index in [9.17, 15) is 0 Å². The lowest BCUT2D eigenvalue weighted by atomic mass is 9.74. The summed E-state index contributed by atoms with van der Waals surface area (Å²) in [6.07, 6.45) is 16.5. The highest BCUT2D eigenvalue weighted by Gasteiger charge is 2.47. The maximum absolute atomic E-state index is 4.67. The number of hydrogen-bond donors (Lipinski definition) is 2. The van der Waals surface area contributed by atoms with Crippen LogP contribution in [-0.4, -0.2) is 36.8 Å². The van der Waals surface area contributed by atoms with Crippen molar-refractivity contribution < 1.29 is 0 Å². The van der Waals surface area contributed by atoms with E-state index in [0.29, 0.717) is 11.2 Å². The molecule has 2 aliphatic heterocycles. The van der Waals surface area contributed by atoms with Crippen molar-refractivity contribution in [3.8, 4) is 0 Å². The van der Waals surface area contributed by atoms with Gasteiger partial charge < -0.3 is 15.5 Å². The zero-order valence-corrected chi connectivity index (χ0v) is 20.5. The lowest BCUT2D eigenvalue weighted by Gasteiger charge is -2.57. The molecule has 2 heterocycles. The predicted octanol–water partition coefficient (Wildman–Crippen LogP) is 5.58. The van der Waals surface area contributed by atoms with Crippen LogP contribution in [0.2, 0.25) is 0 Å². The molecule has 1 spiro atoms. The second-order valence-electron chi connectivity index (χ2n) is 7.40. The van der Waals surface area contributed by atoms with Gasteiger partial charge in [-0.25, -0.2) is 4.99 Å². The second-order valence-corrected chi connectivity index (χ2v) is 8.25. The Labute approximate surface area is 190 Å². The molecule has 3 aliphatic rings. The Balaban J connectivity index is 0.00000155. The molecule has 2 N–H and O–H groups in total. The van der Waals surface area contributed by atoms with Crippen molar-refractivity contribution in [1.29, 1.82) is 0 Å². The van der Waals surface area contributed by atoms with E-state index < -0.39 is 0 Å². The fraction of sp³-hybridized carbons (Fsp3) is 0.400. The first kappa shape index (κ1) is 24.2. The fourth-order valence-corrected chi connectivity index (χ4v) is 4.10. The van der Waals surface area contributed by atoms with Crippen molar-refractivity contribution in [2.24, 2.45) is 10.4 Å².